The third kappa shape index (κ3) is 3.37. The quantitative estimate of drug-likeness (QED) is 0.701. The van der Waals surface area contributed by atoms with E-state index in [9.17, 15) is 22.8 Å². The molecule has 3 saturated heterocycles. The molecule has 5 nitrogen and oxygen atoms in total. The highest BCUT2D eigenvalue weighted by Crippen LogP contribution is 2.47. The second kappa shape index (κ2) is 7.62. The summed E-state index contributed by atoms with van der Waals surface area (Å²) in [6.07, 6.45) is 1.28. The van der Waals surface area contributed by atoms with Crippen LogP contribution in [0.1, 0.15) is 53.2 Å². The Morgan fingerprint density at radius 2 is 1.72 bits per heavy atom. The van der Waals surface area contributed by atoms with E-state index in [1.165, 1.54) is 24.3 Å². The molecule has 2 aromatic rings. The fraction of sp³-hybridized carbons (Fsp3) is 0.417. The number of nitrogens with zero attached hydrogens (tertiary/aromatic N) is 2. The molecule has 32 heavy (non-hydrogen) atoms. The van der Waals surface area contributed by atoms with Gasteiger partial charge in [-0.1, -0.05) is 11.6 Å². The lowest BCUT2D eigenvalue weighted by Gasteiger charge is -2.37. The Balaban J connectivity index is 1.32. The number of piperidine rings is 1. The first kappa shape index (κ1) is 21.0. The van der Waals surface area contributed by atoms with Crippen molar-refractivity contribution in [3.05, 3.63) is 70.5 Å². The van der Waals surface area contributed by atoms with E-state index in [4.69, 9.17) is 4.74 Å². The summed E-state index contributed by atoms with van der Waals surface area (Å²) >= 11 is 0. The van der Waals surface area contributed by atoms with E-state index in [1.54, 1.807) is 22.8 Å². The van der Waals surface area contributed by atoms with Crippen molar-refractivity contribution in [2.75, 3.05) is 13.1 Å². The first-order valence-corrected chi connectivity index (χ1v) is 10.8. The van der Waals surface area contributed by atoms with Crippen LogP contribution in [0.5, 0.6) is 0 Å². The number of aryl methyl sites for hydroxylation is 1. The van der Waals surface area contributed by atoms with E-state index in [-0.39, 0.29) is 24.6 Å². The van der Waals surface area contributed by atoms with Gasteiger partial charge in [-0.25, -0.2) is 13.2 Å². The number of amides is 2. The zero-order valence-corrected chi connectivity index (χ0v) is 17.6. The van der Waals surface area contributed by atoms with Crippen LogP contribution in [0.4, 0.5) is 13.2 Å². The van der Waals surface area contributed by atoms with Crippen molar-refractivity contribution in [2.24, 2.45) is 0 Å². The molecule has 3 heterocycles. The van der Waals surface area contributed by atoms with Gasteiger partial charge in [0.05, 0.1) is 11.6 Å². The first-order chi connectivity index (χ1) is 15.3. The summed E-state index contributed by atoms with van der Waals surface area (Å²) in [5, 5.41) is 0. The molecule has 3 fully saturated rings. The largest absolute Gasteiger partial charge is 0.342 e. The van der Waals surface area contributed by atoms with Crippen LogP contribution in [0.25, 0.3) is 0 Å². The molecule has 2 unspecified atom stereocenters. The number of carbonyl (C=O) groups excluding carboxylic acids is 2. The van der Waals surface area contributed by atoms with Crippen molar-refractivity contribution in [3.8, 4) is 0 Å². The van der Waals surface area contributed by atoms with Crippen LogP contribution < -0.4 is 0 Å². The number of likely N-dealkylation sites (tertiary alicyclic amines) is 1. The van der Waals surface area contributed by atoms with Gasteiger partial charge in [0, 0.05) is 32.0 Å². The van der Waals surface area contributed by atoms with E-state index in [1.807, 2.05) is 0 Å². The van der Waals surface area contributed by atoms with Gasteiger partial charge in [-0.2, -0.15) is 0 Å². The number of rotatable bonds is 2. The second-order valence-corrected chi connectivity index (χ2v) is 8.85. The predicted octanol–water partition coefficient (Wildman–Crippen LogP) is 4.11. The zero-order chi connectivity index (χ0) is 22.6. The Kier molecular flexibility index (Phi) is 5.00. The molecule has 2 amide bonds. The predicted molar refractivity (Wildman–Crippen MR) is 109 cm³/mol. The Bertz CT molecular complexity index is 1080. The molecule has 2 atom stereocenters. The third-order valence-corrected chi connectivity index (χ3v) is 6.80. The van der Waals surface area contributed by atoms with E-state index >= 15 is 0 Å². The van der Waals surface area contributed by atoms with E-state index in [0.717, 1.165) is 11.6 Å². The SMILES string of the molecule is Cc1ccc(F)c(C(=O)N2CCC3(CC2)OC2CCC(c4cc(F)cc(F)c4)N2C3=O)c1. The van der Waals surface area contributed by atoms with Gasteiger partial charge < -0.3 is 14.5 Å². The van der Waals surface area contributed by atoms with Gasteiger partial charge in [-0.15, -0.1) is 0 Å². The molecule has 0 N–H and O–H groups in total. The Morgan fingerprint density at radius 1 is 1.03 bits per heavy atom. The number of carbonyl (C=O) groups is 2. The average Bonchev–Trinajstić information content (AvgIpc) is 3.27. The summed E-state index contributed by atoms with van der Waals surface area (Å²) in [6, 6.07) is 7.29. The van der Waals surface area contributed by atoms with Gasteiger partial charge in [0.25, 0.3) is 11.8 Å². The van der Waals surface area contributed by atoms with Crippen molar-refractivity contribution in [1.82, 2.24) is 9.80 Å². The smallest absolute Gasteiger partial charge is 0.257 e. The maximum absolute atomic E-state index is 14.2. The van der Waals surface area contributed by atoms with Gasteiger partial charge in [0.15, 0.2) is 5.60 Å². The van der Waals surface area contributed by atoms with E-state index in [0.29, 0.717) is 31.2 Å². The zero-order valence-electron chi connectivity index (χ0n) is 17.6. The molecule has 0 aromatic heterocycles. The van der Waals surface area contributed by atoms with Gasteiger partial charge >= 0.3 is 0 Å². The number of hydrogen-bond acceptors (Lipinski definition) is 3. The van der Waals surface area contributed by atoms with Crippen molar-refractivity contribution in [1.29, 1.82) is 0 Å². The summed E-state index contributed by atoms with van der Waals surface area (Å²) < 4.78 is 47.8. The minimum absolute atomic E-state index is 0.0217. The monoisotopic (exact) mass is 444 g/mol. The lowest BCUT2D eigenvalue weighted by molar-refractivity contribution is -0.142. The molecule has 5 rings (SSSR count). The topological polar surface area (TPSA) is 49.9 Å². The van der Waals surface area contributed by atoms with Crippen molar-refractivity contribution in [3.63, 3.8) is 0 Å². The van der Waals surface area contributed by atoms with Crippen LogP contribution in [0.3, 0.4) is 0 Å². The normalized spacial score (nSPS) is 24.3. The fourth-order valence-electron chi connectivity index (χ4n) is 5.18. The summed E-state index contributed by atoms with van der Waals surface area (Å²) in [6.45, 7) is 2.32. The summed E-state index contributed by atoms with van der Waals surface area (Å²) in [4.78, 5) is 29.4. The summed E-state index contributed by atoms with van der Waals surface area (Å²) in [7, 11) is 0. The van der Waals surface area contributed by atoms with Crippen LogP contribution in [-0.4, -0.2) is 46.5 Å². The van der Waals surface area contributed by atoms with Gasteiger partial charge in [-0.05, 0) is 49.6 Å². The molecule has 0 saturated carbocycles. The molecule has 0 radical (unpaired) electrons. The molecule has 3 aliphatic heterocycles. The number of fused-ring (bicyclic) bond motifs is 1. The van der Waals surface area contributed by atoms with Crippen LogP contribution in [0.2, 0.25) is 0 Å². The van der Waals surface area contributed by atoms with Gasteiger partial charge in [0.1, 0.15) is 23.7 Å². The molecule has 0 bridgehead atoms. The summed E-state index contributed by atoms with van der Waals surface area (Å²) in [5.74, 6) is -2.54. The lowest BCUT2D eigenvalue weighted by Crippen LogP contribution is -2.51. The minimum Gasteiger partial charge on any atom is -0.342 e. The van der Waals surface area contributed by atoms with Crippen LogP contribution in [0.15, 0.2) is 36.4 Å². The fourth-order valence-corrected chi connectivity index (χ4v) is 5.18. The van der Waals surface area contributed by atoms with Crippen LogP contribution >= 0.6 is 0 Å². The molecule has 2 aromatic carbocycles. The van der Waals surface area contributed by atoms with Crippen molar-refractivity contribution < 1.29 is 27.5 Å². The van der Waals surface area contributed by atoms with E-state index in [2.05, 4.69) is 0 Å². The first-order valence-electron chi connectivity index (χ1n) is 10.8. The standard InChI is InChI=1S/C24H23F3N2O3/c1-14-2-3-19(27)18(10-14)22(30)28-8-6-24(7-9-28)23(31)29-20(4-5-21(29)32-24)15-11-16(25)13-17(26)12-15/h2-3,10-13,20-21H,4-9H2,1H3. The Hall–Kier alpha value is -2.87. The van der Waals surface area contributed by atoms with Crippen LogP contribution in [-0.2, 0) is 9.53 Å². The van der Waals surface area contributed by atoms with Gasteiger partial charge in [-0.3, -0.25) is 9.59 Å². The lowest BCUT2D eigenvalue weighted by atomic mass is 9.89. The second-order valence-electron chi connectivity index (χ2n) is 8.85. The molecule has 8 heteroatoms. The highest BCUT2D eigenvalue weighted by molar-refractivity contribution is 5.95. The number of benzene rings is 2. The number of hydrogen-bond donors (Lipinski definition) is 0. The summed E-state index contributed by atoms with van der Waals surface area (Å²) in [5.41, 5.74) is 0.171. The number of ether oxygens (including phenoxy) is 1. The molecule has 168 valence electrons. The maximum atomic E-state index is 14.2. The Morgan fingerprint density at radius 3 is 2.41 bits per heavy atom. The molecule has 3 aliphatic rings. The number of halogens is 3. The average molecular weight is 444 g/mol. The minimum atomic E-state index is -1.06. The van der Waals surface area contributed by atoms with E-state index < -0.39 is 41.2 Å². The highest BCUT2D eigenvalue weighted by Gasteiger charge is 2.58. The highest BCUT2D eigenvalue weighted by atomic mass is 19.1. The third-order valence-electron chi connectivity index (χ3n) is 6.80. The maximum Gasteiger partial charge on any atom is 0.257 e. The van der Waals surface area contributed by atoms with Crippen molar-refractivity contribution >= 4 is 11.8 Å². The van der Waals surface area contributed by atoms with Crippen molar-refractivity contribution in [2.45, 2.75) is 50.5 Å². The Labute approximate surface area is 183 Å². The van der Waals surface area contributed by atoms with Gasteiger partial charge in [0.2, 0.25) is 0 Å². The molecular weight excluding hydrogens is 421 g/mol. The molecule has 1 spiro atoms. The molecule has 0 aliphatic carbocycles. The molecular formula is C24H23F3N2O3. The van der Waals surface area contributed by atoms with Crippen LogP contribution in [0, 0.1) is 24.4 Å².